The van der Waals surface area contributed by atoms with E-state index in [0.717, 1.165) is 33.6 Å². The van der Waals surface area contributed by atoms with E-state index in [9.17, 15) is 4.79 Å². The van der Waals surface area contributed by atoms with Crippen molar-refractivity contribution in [3.8, 4) is 22.5 Å². The second-order valence-corrected chi connectivity index (χ2v) is 6.61. The number of nitrogens with one attached hydrogen (secondary N) is 2. The van der Waals surface area contributed by atoms with Gasteiger partial charge in [0.2, 0.25) is 0 Å². The van der Waals surface area contributed by atoms with Gasteiger partial charge in [-0.3, -0.25) is 5.32 Å². The average molecular weight is 385 g/mol. The lowest BCUT2D eigenvalue weighted by molar-refractivity contribution is 0.262. The molecule has 7 nitrogen and oxygen atoms in total. The molecule has 2 heterocycles. The van der Waals surface area contributed by atoms with Crippen molar-refractivity contribution < 1.29 is 9.21 Å². The Morgan fingerprint density at radius 3 is 2.41 bits per heavy atom. The number of rotatable bonds is 4. The summed E-state index contributed by atoms with van der Waals surface area (Å²) >= 11 is 0. The van der Waals surface area contributed by atoms with E-state index in [0.29, 0.717) is 11.5 Å². The summed E-state index contributed by atoms with van der Waals surface area (Å²) in [6.07, 6.45) is 6.15. The Morgan fingerprint density at radius 1 is 0.897 bits per heavy atom. The second kappa shape index (κ2) is 7.93. The van der Waals surface area contributed by atoms with E-state index in [2.05, 4.69) is 44.6 Å². The standard InChI is InChI=1S/C22H19N5O2/c1-14-3-4-17(20-11-24-13-29-20)9-19(14)16-5-7-18(8-6-16)26-22(28)27-21-15(2)10-23-12-25-21/h3-13H,1-2H3,(H2,23,25,26,27,28). The molecule has 4 aromatic rings. The Hall–Kier alpha value is -4.00. The summed E-state index contributed by atoms with van der Waals surface area (Å²) in [5.41, 5.74) is 5.71. The number of aromatic nitrogens is 3. The first-order chi connectivity index (χ1) is 14.1. The van der Waals surface area contributed by atoms with Gasteiger partial charge in [-0.25, -0.2) is 19.7 Å². The minimum absolute atomic E-state index is 0.358. The van der Waals surface area contributed by atoms with Crippen molar-refractivity contribution in [2.75, 3.05) is 10.6 Å². The van der Waals surface area contributed by atoms with Crippen LogP contribution < -0.4 is 10.6 Å². The molecule has 0 fully saturated rings. The van der Waals surface area contributed by atoms with Gasteiger partial charge in [-0.2, -0.15) is 0 Å². The largest absolute Gasteiger partial charge is 0.444 e. The third-order valence-corrected chi connectivity index (χ3v) is 4.54. The SMILES string of the molecule is Cc1ccc(-c2cnco2)cc1-c1ccc(NC(=O)Nc2ncncc2C)cc1. The lowest BCUT2D eigenvalue weighted by atomic mass is 9.97. The summed E-state index contributed by atoms with van der Waals surface area (Å²) in [6.45, 7) is 3.89. The first-order valence-corrected chi connectivity index (χ1v) is 9.05. The zero-order valence-electron chi connectivity index (χ0n) is 16.0. The lowest BCUT2D eigenvalue weighted by Crippen LogP contribution is -2.20. The van der Waals surface area contributed by atoms with E-state index in [1.54, 1.807) is 12.4 Å². The summed E-state index contributed by atoms with van der Waals surface area (Å²) in [7, 11) is 0. The number of carbonyl (C=O) groups excluding carboxylic acids is 1. The number of oxazole rings is 1. The van der Waals surface area contributed by atoms with E-state index in [1.165, 1.54) is 12.7 Å². The highest BCUT2D eigenvalue weighted by Crippen LogP contribution is 2.30. The maximum atomic E-state index is 12.2. The van der Waals surface area contributed by atoms with Crippen molar-refractivity contribution in [1.82, 2.24) is 15.0 Å². The molecule has 0 aliphatic carbocycles. The maximum absolute atomic E-state index is 12.2. The fourth-order valence-corrected chi connectivity index (χ4v) is 2.98. The number of nitrogens with zero attached hydrogens (tertiary/aromatic N) is 3. The number of carbonyl (C=O) groups is 1. The monoisotopic (exact) mass is 385 g/mol. The highest BCUT2D eigenvalue weighted by molar-refractivity contribution is 5.99. The van der Waals surface area contributed by atoms with Crippen LogP contribution in [-0.4, -0.2) is 21.0 Å². The van der Waals surface area contributed by atoms with Gasteiger partial charge in [0.1, 0.15) is 12.1 Å². The molecule has 0 bridgehead atoms. The number of anilines is 2. The molecule has 2 aromatic carbocycles. The summed E-state index contributed by atoms with van der Waals surface area (Å²) in [5, 5.41) is 5.53. The van der Waals surface area contributed by atoms with Crippen LogP contribution in [0.4, 0.5) is 16.3 Å². The van der Waals surface area contributed by atoms with Gasteiger partial charge in [-0.15, -0.1) is 0 Å². The van der Waals surface area contributed by atoms with Gasteiger partial charge in [-0.05, 0) is 48.7 Å². The minimum Gasteiger partial charge on any atom is -0.444 e. The molecule has 0 saturated heterocycles. The van der Waals surface area contributed by atoms with Crippen LogP contribution in [0.3, 0.4) is 0 Å². The van der Waals surface area contributed by atoms with Crippen molar-refractivity contribution in [1.29, 1.82) is 0 Å². The molecule has 2 aromatic heterocycles. The van der Waals surface area contributed by atoms with E-state index >= 15 is 0 Å². The van der Waals surface area contributed by atoms with Crippen molar-refractivity contribution in [2.45, 2.75) is 13.8 Å². The van der Waals surface area contributed by atoms with Crippen molar-refractivity contribution in [3.63, 3.8) is 0 Å². The highest BCUT2D eigenvalue weighted by Gasteiger charge is 2.09. The second-order valence-electron chi connectivity index (χ2n) is 6.61. The summed E-state index contributed by atoms with van der Waals surface area (Å²) in [4.78, 5) is 24.2. The highest BCUT2D eigenvalue weighted by atomic mass is 16.3. The Bertz CT molecular complexity index is 1140. The lowest BCUT2D eigenvalue weighted by Gasteiger charge is -2.11. The molecule has 0 spiro atoms. The molecule has 2 amide bonds. The van der Waals surface area contributed by atoms with Crippen LogP contribution in [0.1, 0.15) is 11.1 Å². The van der Waals surface area contributed by atoms with Crippen molar-refractivity contribution >= 4 is 17.5 Å². The normalized spacial score (nSPS) is 10.6. The molecule has 144 valence electrons. The van der Waals surface area contributed by atoms with Gasteiger partial charge in [-0.1, -0.05) is 24.3 Å². The van der Waals surface area contributed by atoms with Gasteiger partial charge in [0, 0.05) is 23.0 Å². The third-order valence-electron chi connectivity index (χ3n) is 4.54. The number of urea groups is 1. The fourth-order valence-electron chi connectivity index (χ4n) is 2.98. The van der Waals surface area contributed by atoms with Crippen LogP contribution in [0.25, 0.3) is 22.5 Å². The number of aryl methyl sites for hydroxylation is 2. The molecule has 0 saturated carbocycles. The predicted octanol–water partition coefficient (Wildman–Crippen LogP) is 5.06. The Balaban J connectivity index is 1.50. The maximum Gasteiger partial charge on any atom is 0.324 e. The fraction of sp³-hybridized carbons (Fsp3) is 0.0909. The van der Waals surface area contributed by atoms with E-state index in [1.807, 2.05) is 37.3 Å². The van der Waals surface area contributed by atoms with Crippen molar-refractivity contribution in [3.05, 3.63) is 78.7 Å². The van der Waals surface area contributed by atoms with E-state index in [4.69, 9.17) is 4.42 Å². The minimum atomic E-state index is -0.358. The van der Waals surface area contributed by atoms with Crippen LogP contribution in [0.2, 0.25) is 0 Å². The Labute approximate surface area is 167 Å². The molecule has 0 radical (unpaired) electrons. The van der Waals surface area contributed by atoms with Crippen molar-refractivity contribution in [2.24, 2.45) is 0 Å². The molecule has 0 unspecified atom stereocenters. The first-order valence-electron chi connectivity index (χ1n) is 9.05. The van der Waals surface area contributed by atoms with Gasteiger partial charge in [0.15, 0.2) is 12.2 Å². The smallest absolute Gasteiger partial charge is 0.324 e. The van der Waals surface area contributed by atoms with Crippen LogP contribution in [0.15, 0.2) is 72.0 Å². The Kier molecular flexibility index (Phi) is 5.03. The predicted molar refractivity (Wildman–Crippen MR) is 112 cm³/mol. The number of amides is 2. The molecule has 2 N–H and O–H groups in total. The summed E-state index contributed by atoms with van der Waals surface area (Å²) < 4.78 is 5.40. The molecule has 0 atom stereocenters. The topological polar surface area (TPSA) is 92.9 Å². The van der Waals surface area contributed by atoms with E-state index in [-0.39, 0.29) is 6.03 Å². The molecule has 0 aliphatic heterocycles. The van der Waals surface area contributed by atoms with Crippen LogP contribution in [0, 0.1) is 13.8 Å². The molecule has 7 heteroatoms. The van der Waals surface area contributed by atoms with Gasteiger partial charge in [0.05, 0.1) is 6.20 Å². The molecule has 0 aliphatic rings. The number of hydrogen-bond donors (Lipinski definition) is 2. The summed E-state index contributed by atoms with van der Waals surface area (Å²) in [5.74, 6) is 1.20. The van der Waals surface area contributed by atoms with Crippen LogP contribution in [-0.2, 0) is 0 Å². The van der Waals surface area contributed by atoms with Crippen LogP contribution >= 0.6 is 0 Å². The molecule has 29 heavy (non-hydrogen) atoms. The summed E-state index contributed by atoms with van der Waals surface area (Å²) in [6, 6.07) is 13.4. The van der Waals surface area contributed by atoms with Gasteiger partial charge >= 0.3 is 6.03 Å². The third kappa shape index (κ3) is 4.14. The molecular weight excluding hydrogens is 366 g/mol. The Morgan fingerprint density at radius 2 is 1.69 bits per heavy atom. The number of benzene rings is 2. The van der Waals surface area contributed by atoms with Gasteiger partial charge in [0.25, 0.3) is 0 Å². The average Bonchev–Trinajstić information content (AvgIpc) is 3.26. The molecular formula is C22H19N5O2. The quantitative estimate of drug-likeness (QED) is 0.512. The zero-order chi connectivity index (χ0) is 20.2. The zero-order valence-corrected chi connectivity index (χ0v) is 16.0. The number of hydrogen-bond acceptors (Lipinski definition) is 5. The first kappa shape index (κ1) is 18.4. The van der Waals surface area contributed by atoms with Crippen LogP contribution in [0.5, 0.6) is 0 Å². The van der Waals surface area contributed by atoms with Gasteiger partial charge < -0.3 is 9.73 Å². The van der Waals surface area contributed by atoms with E-state index < -0.39 is 0 Å². The molecule has 4 rings (SSSR count).